The van der Waals surface area contributed by atoms with Gasteiger partial charge in [0.2, 0.25) is 0 Å². The summed E-state index contributed by atoms with van der Waals surface area (Å²) in [6.07, 6.45) is 0.441. The number of nitriles is 1. The van der Waals surface area contributed by atoms with Crippen molar-refractivity contribution < 1.29 is 9.47 Å². The molecule has 0 bridgehead atoms. The average molecular weight is 191 g/mol. The Morgan fingerprint density at radius 3 is 2.57 bits per heavy atom. The first-order chi connectivity index (χ1) is 6.86. The first kappa shape index (κ1) is 10.6. The van der Waals surface area contributed by atoms with Gasteiger partial charge in [-0.15, -0.1) is 0 Å². The van der Waals surface area contributed by atoms with Crippen LogP contribution in [0.15, 0.2) is 24.3 Å². The normalized spacial score (nSPS) is 9.43. The second-order valence-corrected chi connectivity index (χ2v) is 2.81. The van der Waals surface area contributed by atoms with E-state index in [9.17, 15) is 0 Å². The van der Waals surface area contributed by atoms with E-state index in [2.05, 4.69) is 0 Å². The van der Waals surface area contributed by atoms with E-state index in [-0.39, 0.29) is 0 Å². The lowest BCUT2D eigenvalue weighted by molar-refractivity contribution is 0.126. The van der Waals surface area contributed by atoms with E-state index in [0.29, 0.717) is 19.6 Å². The quantitative estimate of drug-likeness (QED) is 0.669. The Balaban J connectivity index is 2.33. The van der Waals surface area contributed by atoms with Crippen LogP contribution < -0.4 is 4.74 Å². The molecule has 0 aromatic heterocycles. The van der Waals surface area contributed by atoms with Crippen LogP contribution in [-0.4, -0.2) is 13.7 Å². The smallest absolute Gasteiger partial charge is 0.118 e. The van der Waals surface area contributed by atoms with E-state index in [0.717, 1.165) is 11.3 Å². The third kappa shape index (κ3) is 3.46. The van der Waals surface area contributed by atoms with Gasteiger partial charge in [0.1, 0.15) is 5.75 Å². The largest absolute Gasteiger partial charge is 0.497 e. The van der Waals surface area contributed by atoms with Gasteiger partial charge in [-0.25, -0.2) is 0 Å². The first-order valence-corrected chi connectivity index (χ1v) is 4.44. The molecule has 1 aromatic carbocycles. The number of benzene rings is 1. The van der Waals surface area contributed by atoms with Gasteiger partial charge in [0.15, 0.2) is 0 Å². The maximum absolute atomic E-state index is 8.29. The summed E-state index contributed by atoms with van der Waals surface area (Å²) in [7, 11) is 1.64. The molecule has 0 saturated heterocycles. The molecule has 0 aliphatic rings. The molecule has 0 radical (unpaired) electrons. The van der Waals surface area contributed by atoms with Crippen LogP contribution in [0.4, 0.5) is 0 Å². The molecule has 0 N–H and O–H groups in total. The Morgan fingerprint density at radius 2 is 2.00 bits per heavy atom. The molecule has 74 valence electrons. The van der Waals surface area contributed by atoms with Gasteiger partial charge in [-0.1, -0.05) is 12.1 Å². The van der Waals surface area contributed by atoms with Crippen LogP contribution in [0.1, 0.15) is 12.0 Å². The predicted octanol–water partition coefficient (Wildman–Crippen LogP) is 2.13. The van der Waals surface area contributed by atoms with Crippen molar-refractivity contribution in [2.45, 2.75) is 13.0 Å². The third-order valence-corrected chi connectivity index (χ3v) is 1.79. The molecule has 0 fully saturated rings. The molecule has 3 heteroatoms. The van der Waals surface area contributed by atoms with E-state index in [4.69, 9.17) is 14.7 Å². The number of hydrogen-bond donors (Lipinski definition) is 0. The molecule has 14 heavy (non-hydrogen) atoms. The van der Waals surface area contributed by atoms with Crippen LogP contribution in [0.3, 0.4) is 0 Å². The van der Waals surface area contributed by atoms with Crippen LogP contribution in [0.5, 0.6) is 5.75 Å². The third-order valence-electron chi connectivity index (χ3n) is 1.79. The van der Waals surface area contributed by atoms with Crippen LogP contribution >= 0.6 is 0 Å². The van der Waals surface area contributed by atoms with Crippen LogP contribution in [-0.2, 0) is 11.3 Å². The van der Waals surface area contributed by atoms with E-state index in [1.54, 1.807) is 7.11 Å². The molecule has 1 aromatic rings. The van der Waals surface area contributed by atoms with Crippen molar-refractivity contribution in [2.24, 2.45) is 0 Å². The molecular weight excluding hydrogens is 178 g/mol. The zero-order valence-corrected chi connectivity index (χ0v) is 8.19. The summed E-state index contributed by atoms with van der Waals surface area (Å²) in [4.78, 5) is 0. The van der Waals surface area contributed by atoms with E-state index >= 15 is 0 Å². The number of rotatable bonds is 5. The zero-order chi connectivity index (χ0) is 10.2. The highest BCUT2D eigenvalue weighted by Crippen LogP contribution is 2.11. The second-order valence-electron chi connectivity index (χ2n) is 2.81. The van der Waals surface area contributed by atoms with Crippen LogP contribution in [0, 0.1) is 11.3 Å². The summed E-state index contributed by atoms with van der Waals surface area (Å²) in [5.41, 5.74) is 1.09. The predicted molar refractivity (Wildman–Crippen MR) is 52.9 cm³/mol. The molecular formula is C11H13NO2. The minimum atomic E-state index is 0.441. The lowest BCUT2D eigenvalue weighted by atomic mass is 10.2. The molecule has 0 aliphatic heterocycles. The highest BCUT2D eigenvalue weighted by Gasteiger charge is 1.94. The zero-order valence-electron chi connectivity index (χ0n) is 8.19. The van der Waals surface area contributed by atoms with Crippen molar-refractivity contribution in [1.29, 1.82) is 5.26 Å². The standard InChI is InChI=1S/C11H13NO2/c1-13-11-5-3-10(4-6-11)9-14-8-2-7-12/h3-6H,2,8-9H2,1H3. The fourth-order valence-electron chi connectivity index (χ4n) is 1.03. The summed E-state index contributed by atoms with van der Waals surface area (Å²) in [5, 5.41) is 8.29. The Labute approximate surface area is 83.9 Å². The van der Waals surface area contributed by atoms with Crippen molar-refractivity contribution >= 4 is 0 Å². The molecule has 0 atom stereocenters. The fourth-order valence-corrected chi connectivity index (χ4v) is 1.03. The maximum atomic E-state index is 8.29. The number of methoxy groups -OCH3 is 1. The van der Waals surface area contributed by atoms with Gasteiger partial charge in [-0.05, 0) is 17.7 Å². The maximum Gasteiger partial charge on any atom is 0.118 e. The summed E-state index contributed by atoms with van der Waals surface area (Å²) in [6.45, 7) is 1.04. The second kappa shape index (κ2) is 6.01. The van der Waals surface area contributed by atoms with E-state index < -0.39 is 0 Å². The van der Waals surface area contributed by atoms with Crippen LogP contribution in [0.2, 0.25) is 0 Å². The topological polar surface area (TPSA) is 42.2 Å². The van der Waals surface area contributed by atoms with Crippen molar-refractivity contribution in [2.75, 3.05) is 13.7 Å². The summed E-state index contributed by atoms with van der Waals surface area (Å²) in [5.74, 6) is 0.839. The molecule has 0 amide bonds. The minimum absolute atomic E-state index is 0.441. The highest BCUT2D eigenvalue weighted by molar-refractivity contribution is 5.26. The Kier molecular flexibility index (Phi) is 4.53. The summed E-state index contributed by atoms with van der Waals surface area (Å²) >= 11 is 0. The van der Waals surface area contributed by atoms with E-state index in [1.807, 2.05) is 30.3 Å². The van der Waals surface area contributed by atoms with E-state index in [1.165, 1.54) is 0 Å². The van der Waals surface area contributed by atoms with Gasteiger partial charge in [0, 0.05) is 0 Å². The number of nitrogens with zero attached hydrogens (tertiary/aromatic N) is 1. The van der Waals surface area contributed by atoms with Crippen LogP contribution in [0.25, 0.3) is 0 Å². The number of hydrogen-bond acceptors (Lipinski definition) is 3. The van der Waals surface area contributed by atoms with Gasteiger partial charge in [0.05, 0.1) is 32.8 Å². The average Bonchev–Trinajstić information content (AvgIpc) is 2.25. The van der Waals surface area contributed by atoms with Crippen molar-refractivity contribution in [1.82, 2.24) is 0 Å². The Hall–Kier alpha value is -1.53. The Bertz CT molecular complexity index is 300. The number of ether oxygens (including phenoxy) is 2. The minimum Gasteiger partial charge on any atom is -0.497 e. The Morgan fingerprint density at radius 1 is 1.29 bits per heavy atom. The summed E-state index contributed by atoms with van der Waals surface area (Å²) < 4.78 is 10.3. The molecule has 0 unspecified atom stereocenters. The lowest BCUT2D eigenvalue weighted by Crippen LogP contribution is -1.94. The SMILES string of the molecule is COc1ccc(COCCC#N)cc1. The summed E-state index contributed by atoms with van der Waals surface area (Å²) in [6, 6.07) is 9.71. The fraction of sp³-hybridized carbons (Fsp3) is 0.364. The molecule has 0 saturated carbocycles. The molecule has 1 rings (SSSR count). The van der Waals surface area contributed by atoms with Crippen molar-refractivity contribution in [3.05, 3.63) is 29.8 Å². The van der Waals surface area contributed by atoms with Crippen molar-refractivity contribution in [3.8, 4) is 11.8 Å². The van der Waals surface area contributed by atoms with Gasteiger partial charge < -0.3 is 9.47 Å². The van der Waals surface area contributed by atoms with Gasteiger partial charge in [-0.3, -0.25) is 0 Å². The van der Waals surface area contributed by atoms with Gasteiger partial charge >= 0.3 is 0 Å². The lowest BCUT2D eigenvalue weighted by Gasteiger charge is -2.03. The molecule has 3 nitrogen and oxygen atoms in total. The first-order valence-electron chi connectivity index (χ1n) is 4.44. The van der Waals surface area contributed by atoms with Gasteiger partial charge in [-0.2, -0.15) is 5.26 Å². The van der Waals surface area contributed by atoms with Gasteiger partial charge in [0.25, 0.3) is 0 Å². The van der Waals surface area contributed by atoms with Crippen molar-refractivity contribution in [3.63, 3.8) is 0 Å². The monoisotopic (exact) mass is 191 g/mol. The molecule has 0 spiro atoms. The molecule has 0 heterocycles. The highest BCUT2D eigenvalue weighted by atomic mass is 16.5. The molecule has 0 aliphatic carbocycles.